The van der Waals surface area contributed by atoms with Crippen LogP contribution >= 0.6 is 22.9 Å². The van der Waals surface area contributed by atoms with Gasteiger partial charge in [-0.05, 0) is 36.8 Å². The van der Waals surface area contributed by atoms with Crippen molar-refractivity contribution in [1.82, 2.24) is 9.55 Å². The summed E-state index contributed by atoms with van der Waals surface area (Å²) in [6, 6.07) is 9.24. The Hall–Kier alpha value is -2.11. The molecule has 0 aliphatic carbocycles. The van der Waals surface area contributed by atoms with Crippen LogP contribution in [0.15, 0.2) is 48.1 Å². The van der Waals surface area contributed by atoms with Crippen LogP contribution < -0.4 is 5.32 Å². The number of rotatable bonds is 3. The van der Waals surface area contributed by atoms with Crippen LogP contribution in [0.4, 0.5) is 5.69 Å². The number of thiazole rings is 1. The molecule has 0 radical (unpaired) electrons. The van der Waals surface area contributed by atoms with Gasteiger partial charge in [0.25, 0.3) is 5.91 Å². The number of hydrogen-bond donors (Lipinski definition) is 1. The molecule has 0 bridgehead atoms. The molecule has 0 atom stereocenters. The van der Waals surface area contributed by atoms with Gasteiger partial charge in [-0.1, -0.05) is 17.7 Å². The van der Waals surface area contributed by atoms with E-state index in [1.165, 1.54) is 11.3 Å². The Morgan fingerprint density at radius 3 is 2.81 bits per heavy atom. The number of halogens is 1. The van der Waals surface area contributed by atoms with Crippen molar-refractivity contribution in [2.24, 2.45) is 0 Å². The van der Waals surface area contributed by atoms with Crippen LogP contribution in [0.5, 0.6) is 0 Å². The second-order valence-corrected chi connectivity index (χ2v) is 5.72. The van der Waals surface area contributed by atoms with E-state index < -0.39 is 0 Å². The van der Waals surface area contributed by atoms with Crippen LogP contribution in [0.25, 0.3) is 5.13 Å². The molecule has 0 unspecified atom stereocenters. The maximum atomic E-state index is 12.2. The Bertz CT molecular complexity index is 780. The van der Waals surface area contributed by atoms with E-state index in [1.54, 1.807) is 17.5 Å². The van der Waals surface area contributed by atoms with Gasteiger partial charge in [0, 0.05) is 28.5 Å². The first kappa shape index (κ1) is 13.9. The summed E-state index contributed by atoms with van der Waals surface area (Å²) in [5.74, 6) is -0.241. The molecule has 1 aromatic carbocycles. The molecule has 4 nitrogen and oxygen atoms in total. The molecule has 1 N–H and O–H groups in total. The summed E-state index contributed by atoms with van der Waals surface area (Å²) < 4.78 is 1.87. The largest absolute Gasteiger partial charge is 0.320 e. The van der Waals surface area contributed by atoms with Crippen molar-refractivity contribution >= 4 is 34.5 Å². The van der Waals surface area contributed by atoms with Crippen LogP contribution in [0.1, 0.15) is 16.1 Å². The minimum atomic E-state index is -0.241. The summed E-state index contributed by atoms with van der Waals surface area (Å²) in [6.07, 6.45) is 3.78. The van der Waals surface area contributed by atoms with Crippen LogP contribution in [0.3, 0.4) is 0 Å². The van der Waals surface area contributed by atoms with Gasteiger partial charge in [-0.2, -0.15) is 0 Å². The lowest BCUT2D eigenvalue weighted by atomic mass is 10.2. The van der Waals surface area contributed by atoms with E-state index in [0.717, 1.165) is 10.7 Å². The zero-order chi connectivity index (χ0) is 14.8. The Kier molecular flexibility index (Phi) is 3.77. The van der Waals surface area contributed by atoms with Crippen LogP contribution in [-0.4, -0.2) is 15.5 Å². The molecule has 1 amide bonds. The fourth-order valence-corrected chi connectivity index (χ4v) is 2.82. The van der Waals surface area contributed by atoms with E-state index in [1.807, 2.05) is 42.1 Å². The summed E-state index contributed by atoms with van der Waals surface area (Å²) in [7, 11) is 0. The summed E-state index contributed by atoms with van der Waals surface area (Å²) >= 11 is 7.47. The van der Waals surface area contributed by atoms with Gasteiger partial charge >= 0.3 is 0 Å². The predicted molar refractivity (Wildman–Crippen MR) is 85.6 cm³/mol. The summed E-state index contributed by atoms with van der Waals surface area (Å²) in [6.45, 7) is 1.87. The smallest absolute Gasteiger partial charge is 0.275 e. The maximum absolute atomic E-state index is 12.2. The number of benzene rings is 1. The highest BCUT2D eigenvalue weighted by Crippen LogP contribution is 2.24. The predicted octanol–water partition coefficient (Wildman–Crippen LogP) is 4.15. The zero-order valence-electron chi connectivity index (χ0n) is 11.2. The minimum Gasteiger partial charge on any atom is -0.320 e. The van der Waals surface area contributed by atoms with Gasteiger partial charge in [-0.3, -0.25) is 4.79 Å². The normalized spacial score (nSPS) is 10.6. The van der Waals surface area contributed by atoms with Crippen molar-refractivity contribution in [2.75, 3.05) is 5.32 Å². The van der Waals surface area contributed by atoms with Crippen molar-refractivity contribution < 1.29 is 4.79 Å². The van der Waals surface area contributed by atoms with Crippen LogP contribution in [0, 0.1) is 6.92 Å². The molecule has 0 fully saturated rings. The third-order valence-corrected chi connectivity index (χ3v) is 4.33. The minimum absolute atomic E-state index is 0.241. The lowest BCUT2D eigenvalue weighted by molar-refractivity contribution is 0.102. The molecule has 0 spiro atoms. The SMILES string of the molecule is Cc1c(Cl)cccc1NC(=O)c1csc(-n2cccc2)n1. The molecule has 0 aliphatic heterocycles. The Balaban J connectivity index is 1.81. The van der Waals surface area contributed by atoms with Crippen LogP contribution in [0.2, 0.25) is 5.02 Å². The van der Waals surface area contributed by atoms with Gasteiger partial charge in [-0.25, -0.2) is 4.98 Å². The average Bonchev–Trinajstić information content (AvgIpc) is 3.13. The third-order valence-electron chi connectivity index (χ3n) is 3.07. The first-order chi connectivity index (χ1) is 10.1. The van der Waals surface area contributed by atoms with Gasteiger partial charge in [0.15, 0.2) is 5.13 Å². The highest BCUT2D eigenvalue weighted by molar-refractivity contribution is 7.12. The topological polar surface area (TPSA) is 46.9 Å². The Morgan fingerprint density at radius 2 is 2.05 bits per heavy atom. The first-order valence-corrected chi connectivity index (χ1v) is 7.56. The summed E-state index contributed by atoms with van der Waals surface area (Å²) in [5, 5.41) is 5.96. The first-order valence-electron chi connectivity index (χ1n) is 6.30. The van der Waals surface area contributed by atoms with Crippen molar-refractivity contribution in [1.29, 1.82) is 0 Å². The molecule has 2 aromatic heterocycles. The van der Waals surface area contributed by atoms with E-state index in [0.29, 0.717) is 16.4 Å². The number of amides is 1. The van der Waals surface area contributed by atoms with Crippen molar-refractivity contribution in [3.8, 4) is 5.13 Å². The molecule has 0 saturated carbocycles. The molecule has 106 valence electrons. The highest BCUT2D eigenvalue weighted by atomic mass is 35.5. The van der Waals surface area contributed by atoms with E-state index in [2.05, 4.69) is 10.3 Å². The number of carbonyl (C=O) groups is 1. The number of aromatic nitrogens is 2. The number of nitrogens with zero attached hydrogens (tertiary/aromatic N) is 2. The molecule has 3 rings (SSSR count). The van der Waals surface area contributed by atoms with E-state index in [4.69, 9.17) is 11.6 Å². The lowest BCUT2D eigenvalue weighted by Gasteiger charge is -2.08. The van der Waals surface area contributed by atoms with E-state index in [9.17, 15) is 4.79 Å². The number of hydrogen-bond acceptors (Lipinski definition) is 3. The van der Waals surface area contributed by atoms with E-state index >= 15 is 0 Å². The summed E-state index contributed by atoms with van der Waals surface area (Å²) in [4.78, 5) is 16.6. The maximum Gasteiger partial charge on any atom is 0.275 e. The van der Waals surface area contributed by atoms with Gasteiger partial charge in [-0.15, -0.1) is 11.3 Å². The number of nitrogens with one attached hydrogen (secondary N) is 1. The van der Waals surface area contributed by atoms with Gasteiger partial charge in [0.05, 0.1) is 0 Å². The lowest BCUT2D eigenvalue weighted by Crippen LogP contribution is -2.13. The van der Waals surface area contributed by atoms with Gasteiger partial charge in [0.2, 0.25) is 0 Å². The van der Waals surface area contributed by atoms with Crippen LogP contribution in [-0.2, 0) is 0 Å². The molecular formula is C15H12ClN3OS. The second kappa shape index (κ2) is 5.71. The Labute approximate surface area is 131 Å². The molecule has 3 aromatic rings. The van der Waals surface area contributed by atoms with Gasteiger partial charge < -0.3 is 9.88 Å². The molecule has 21 heavy (non-hydrogen) atoms. The molecular weight excluding hydrogens is 306 g/mol. The number of carbonyl (C=O) groups excluding carboxylic acids is 1. The van der Waals surface area contributed by atoms with Gasteiger partial charge in [0.1, 0.15) is 5.69 Å². The zero-order valence-corrected chi connectivity index (χ0v) is 12.8. The molecule has 2 heterocycles. The highest BCUT2D eigenvalue weighted by Gasteiger charge is 2.13. The fraction of sp³-hybridized carbons (Fsp3) is 0.0667. The average molecular weight is 318 g/mol. The van der Waals surface area contributed by atoms with E-state index in [-0.39, 0.29) is 5.91 Å². The standard InChI is InChI=1S/C15H12ClN3OS/c1-10-11(16)5-4-6-12(10)17-14(20)13-9-21-15(18-13)19-7-2-3-8-19/h2-9H,1H3,(H,17,20). The Morgan fingerprint density at radius 1 is 1.29 bits per heavy atom. The number of anilines is 1. The second-order valence-electron chi connectivity index (χ2n) is 4.47. The quantitative estimate of drug-likeness (QED) is 0.789. The summed E-state index contributed by atoms with van der Waals surface area (Å²) in [5.41, 5.74) is 1.93. The van der Waals surface area contributed by atoms with Crippen molar-refractivity contribution in [3.63, 3.8) is 0 Å². The van der Waals surface area contributed by atoms with Crippen molar-refractivity contribution in [2.45, 2.75) is 6.92 Å². The molecule has 6 heteroatoms. The fourth-order valence-electron chi connectivity index (χ4n) is 1.88. The van der Waals surface area contributed by atoms with Crippen molar-refractivity contribution in [3.05, 3.63) is 64.4 Å². The molecule has 0 saturated heterocycles. The molecule has 0 aliphatic rings. The third kappa shape index (κ3) is 2.84. The monoisotopic (exact) mass is 317 g/mol.